The van der Waals surface area contributed by atoms with E-state index in [9.17, 15) is 15.0 Å². The molecule has 1 saturated heterocycles. The normalized spacial score (nSPS) is 37.0. The van der Waals surface area contributed by atoms with E-state index >= 15 is 0 Å². The van der Waals surface area contributed by atoms with Crippen molar-refractivity contribution in [2.45, 2.75) is 51.5 Å². The van der Waals surface area contributed by atoms with Gasteiger partial charge in [-0.15, -0.1) is 0 Å². The average molecular weight is 289 g/mol. The zero-order valence-electron chi connectivity index (χ0n) is 11.9. The van der Waals surface area contributed by atoms with E-state index in [0.29, 0.717) is 5.57 Å². The maximum absolute atomic E-state index is 11.7. The summed E-state index contributed by atoms with van der Waals surface area (Å²) in [5.74, 6) is 0. The Balaban J connectivity index is 0.000000956. The topological polar surface area (TPSA) is 128 Å². The third kappa shape index (κ3) is 3.10. The van der Waals surface area contributed by atoms with Gasteiger partial charge in [-0.05, 0) is 12.5 Å². The number of nitrogens with one attached hydrogen (secondary N) is 1. The van der Waals surface area contributed by atoms with Crippen molar-refractivity contribution in [1.82, 2.24) is 10.2 Å². The number of carbonyl (C=O) groups is 1. The van der Waals surface area contributed by atoms with Crippen molar-refractivity contribution >= 4 is 6.03 Å². The van der Waals surface area contributed by atoms with Crippen LogP contribution < -0.4 is 11.1 Å². The van der Waals surface area contributed by atoms with Crippen molar-refractivity contribution in [2.24, 2.45) is 5.73 Å². The number of aliphatic hydroxyl groups excluding tert-OH is 3. The third-order valence-corrected chi connectivity index (χ3v) is 3.14. The number of nitrogens with two attached hydrogens (primary N) is 1. The first-order valence-corrected chi connectivity index (χ1v) is 6.61. The minimum absolute atomic E-state index is 0.438. The molecule has 2 aliphatic heterocycles. The van der Waals surface area contributed by atoms with Gasteiger partial charge >= 0.3 is 6.03 Å². The van der Waals surface area contributed by atoms with Crippen molar-refractivity contribution in [3.8, 4) is 0 Å². The van der Waals surface area contributed by atoms with Crippen LogP contribution in [0, 0.1) is 0 Å². The summed E-state index contributed by atoms with van der Waals surface area (Å²) in [6, 6.07) is -0.525. The Morgan fingerprint density at radius 3 is 2.50 bits per heavy atom. The highest BCUT2D eigenvalue weighted by Crippen LogP contribution is 2.26. The van der Waals surface area contributed by atoms with Crippen molar-refractivity contribution in [3.63, 3.8) is 0 Å². The number of hydrogen-bond acceptors (Lipinski definition) is 6. The van der Waals surface area contributed by atoms with Crippen LogP contribution in [0.4, 0.5) is 4.79 Å². The lowest BCUT2D eigenvalue weighted by molar-refractivity contribution is -0.0664. The molecule has 0 spiro atoms. The zero-order chi connectivity index (χ0) is 15.4. The van der Waals surface area contributed by atoms with Crippen LogP contribution >= 0.6 is 0 Å². The van der Waals surface area contributed by atoms with E-state index in [4.69, 9.17) is 15.6 Å². The lowest BCUT2D eigenvalue weighted by atomic mass is 10.1. The summed E-state index contributed by atoms with van der Waals surface area (Å²) in [6.45, 7) is 5.28. The van der Waals surface area contributed by atoms with Crippen molar-refractivity contribution < 1.29 is 24.9 Å². The molecule has 0 aromatic rings. The van der Waals surface area contributed by atoms with Gasteiger partial charge in [-0.25, -0.2) is 4.79 Å². The van der Waals surface area contributed by atoms with Crippen LogP contribution in [0.25, 0.3) is 0 Å². The highest BCUT2D eigenvalue weighted by molar-refractivity contribution is 5.77. The molecule has 0 radical (unpaired) electrons. The molecule has 0 saturated carbocycles. The van der Waals surface area contributed by atoms with Gasteiger partial charge in [0.25, 0.3) is 0 Å². The van der Waals surface area contributed by atoms with Crippen LogP contribution in [0.15, 0.2) is 11.8 Å². The summed E-state index contributed by atoms with van der Waals surface area (Å²) < 4.78 is 5.26. The molecule has 5 unspecified atom stereocenters. The monoisotopic (exact) mass is 289 g/mol. The van der Waals surface area contributed by atoms with Crippen LogP contribution in [0.5, 0.6) is 0 Å². The molecule has 8 nitrogen and oxygen atoms in total. The summed E-state index contributed by atoms with van der Waals surface area (Å²) in [4.78, 5) is 12.9. The van der Waals surface area contributed by atoms with Crippen molar-refractivity contribution in [2.75, 3.05) is 6.61 Å². The Morgan fingerprint density at radius 1 is 1.40 bits per heavy atom. The van der Waals surface area contributed by atoms with E-state index in [0.717, 1.165) is 4.90 Å². The maximum Gasteiger partial charge on any atom is 0.325 e. The molecule has 116 valence electrons. The highest BCUT2D eigenvalue weighted by Gasteiger charge is 2.47. The Bertz CT molecular complexity index is 376. The summed E-state index contributed by atoms with van der Waals surface area (Å²) in [7, 11) is 0. The summed E-state index contributed by atoms with van der Waals surface area (Å²) >= 11 is 0. The van der Waals surface area contributed by atoms with Gasteiger partial charge in [-0.3, -0.25) is 4.90 Å². The Kier molecular flexibility index (Phi) is 5.90. The Hall–Kier alpha value is -1.19. The molecule has 20 heavy (non-hydrogen) atoms. The van der Waals surface area contributed by atoms with Gasteiger partial charge in [-0.1, -0.05) is 13.8 Å². The minimum atomic E-state index is -1.29. The number of ether oxygens (including phenoxy) is 1. The number of urea groups is 1. The molecular formula is C12H23N3O5. The van der Waals surface area contributed by atoms with E-state index in [1.807, 2.05) is 13.8 Å². The maximum atomic E-state index is 11.7. The van der Waals surface area contributed by atoms with E-state index < -0.39 is 43.3 Å². The number of carbonyl (C=O) groups excluding carboxylic acids is 1. The molecule has 0 bridgehead atoms. The van der Waals surface area contributed by atoms with Gasteiger partial charge in [0.1, 0.15) is 24.5 Å². The van der Waals surface area contributed by atoms with Gasteiger partial charge in [0, 0.05) is 6.20 Å². The van der Waals surface area contributed by atoms with Gasteiger partial charge in [0.05, 0.1) is 6.61 Å². The molecule has 0 aliphatic carbocycles. The number of rotatable bonds is 2. The van der Waals surface area contributed by atoms with Crippen LogP contribution in [0.2, 0.25) is 0 Å². The van der Waals surface area contributed by atoms with Gasteiger partial charge in [0.15, 0.2) is 6.23 Å². The first-order chi connectivity index (χ1) is 9.45. The van der Waals surface area contributed by atoms with Crippen LogP contribution in [0.3, 0.4) is 0 Å². The number of amides is 2. The Labute approximate surface area is 117 Å². The average Bonchev–Trinajstić information content (AvgIpc) is 2.73. The first-order valence-electron chi connectivity index (χ1n) is 6.61. The van der Waals surface area contributed by atoms with E-state index in [1.54, 1.807) is 6.92 Å². The second-order valence-electron chi connectivity index (χ2n) is 4.44. The smallest absolute Gasteiger partial charge is 0.325 e. The van der Waals surface area contributed by atoms with E-state index in [2.05, 4.69) is 5.32 Å². The molecule has 8 heteroatoms. The first kappa shape index (κ1) is 16.9. The second kappa shape index (κ2) is 7.00. The molecule has 0 aromatic heterocycles. The predicted octanol–water partition coefficient (Wildman–Crippen LogP) is -1.33. The Morgan fingerprint density at radius 2 is 2.00 bits per heavy atom. The molecule has 0 aromatic carbocycles. The molecule has 6 N–H and O–H groups in total. The summed E-state index contributed by atoms with van der Waals surface area (Å²) in [5.41, 5.74) is 6.31. The quantitative estimate of drug-likeness (QED) is 0.428. The molecular weight excluding hydrogens is 266 g/mol. The number of nitrogens with zero attached hydrogens (tertiary/aromatic N) is 1. The highest BCUT2D eigenvalue weighted by atomic mass is 16.6. The molecule has 2 aliphatic rings. The molecule has 2 heterocycles. The van der Waals surface area contributed by atoms with E-state index in [-0.39, 0.29) is 0 Å². The third-order valence-electron chi connectivity index (χ3n) is 3.14. The van der Waals surface area contributed by atoms with Crippen molar-refractivity contribution in [3.05, 3.63) is 11.8 Å². The number of aliphatic hydroxyl groups is 3. The second-order valence-corrected chi connectivity index (χ2v) is 4.44. The van der Waals surface area contributed by atoms with Crippen molar-refractivity contribution in [1.29, 1.82) is 0 Å². The standard InChI is InChI=1S/C10H17N3O5.C2H6/c1-4-2-13(10(17)12-8(4)11)9-7(16)6(15)5(3-14)18-9;1-2/h2,5-9,14-16H,3,11H2,1H3,(H,12,17);1-2H3. The van der Waals surface area contributed by atoms with Gasteiger partial charge in [-0.2, -0.15) is 0 Å². The fourth-order valence-corrected chi connectivity index (χ4v) is 1.98. The van der Waals surface area contributed by atoms with Gasteiger partial charge in [0.2, 0.25) is 0 Å². The van der Waals surface area contributed by atoms with Crippen LogP contribution in [-0.4, -0.2) is 63.6 Å². The van der Waals surface area contributed by atoms with Crippen LogP contribution in [0.1, 0.15) is 20.8 Å². The molecule has 5 atom stereocenters. The predicted molar refractivity (Wildman–Crippen MR) is 71.2 cm³/mol. The molecule has 1 fully saturated rings. The minimum Gasteiger partial charge on any atom is -0.394 e. The fraction of sp³-hybridized carbons (Fsp3) is 0.750. The lowest BCUT2D eigenvalue weighted by Gasteiger charge is -2.33. The summed E-state index contributed by atoms with van der Waals surface area (Å²) in [5, 5.41) is 30.9. The number of hydrogen-bond donors (Lipinski definition) is 5. The van der Waals surface area contributed by atoms with Crippen LogP contribution in [-0.2, 0) is 4.74 Å². The molecule has 2 rings (SSSR count). The SMILES string of the molecule is CC.CC1=CN(C2OC(CO)C(O)C2O)C(=O)NC1N. The zero-order valence-corrected chi connectivity index (χ0v) is 11.9. The fourth-order valence-electron chi connectivity index (χ4n) is 1.98. The van der Waals surface area contributed by atoms with Gasteiger partial charge < -0.3 is 31.1 Å². The van der Waals surface area contributed by atoms with E-state index in [1.165, 1.54) is 6.20 Å². The largest absolute Gasteiger partial charge is 0.394 e. The molecule has 2 amide bonds. The lowest BCUT2D eigenvalue weighted by Crippen LogP contribution is -2.56. The summed E-state index contributed by atoms with van der Waals surface area (Å²) in [6.07, 6.45) is -3.60.